The monoisotopic (exact) mass is 391 g/mol. The van der Waals surface area contributed by atoms with Gasteiger partial charge in [-0.1, -0.05) is 23.9 Å². The fourth-order valence-corrected chi connectivity index (χ4v) is 4.24. The first-order valence-corrected chi connectivity index (χ1v) is 9.23. The fourth-order valence-electron chi connectivity index (χ4n) is 2.15. The molecule has 0 radical (unpaired) electrons. The molecule has 0 bridgehead atoms. The summed E-state index contributed by atoms with van der Waals surface area (Å²) in [6, 6.07) is 8.11. The Morgan fingerprint density at radius 2 is 2.00 bits per heavy atom. The summed E-state index contributed by atoms with van der Waals surface area (Å²) in [6.45, 7) is 1.67. The van der Waals surface area contributed by atoms with Gasteiger partial charge in [0.25, 0.3) is 0 Å². The Balaban J connectivity index is 1.86. The first-order chi connectivity index (χ1) is 12.5. The van der Waals surface area contributed by atoms with Crippen LogP contribution in [-0.2, 0) is 9.53 Å². The van der Waals surface area contributed by atoms with Crippen molar-refractivity contribution in [3.8, 4) is 10.4 Å². The Labute approximate surface area is 156 Å². The highest BCUT2D eigenvalue weighted by atomic mass is 32.2. The molecule has 6 nitrogen and oxygen atoms in total. The molecule has 134 valence electrons. The number of hydrogen-bond donors (Lipinski definition) is 1. The summed E-state index contributed by atoms with van der Waals surface area (Å²) in [5.41, 5.74) is 1.62. The molecule has 0 saturated heterocycles. The maximum Gasteiger partial charge on any atom is 0.413 e. The third-order valence-corrected chi connectivity index (χ3v) is 5.89. The maximum atomic E-state index is 13.1. The average Bonchev–Trinajstić information content (AvgIpc) is 3.07. The van der Waals surface area contributed by atoms with Crippen LogP contribution in [0.1, 0.15) is 6.92 Å². The van der Waals surface area contributed by atoms with E-state index in [0.29, 0.717) is 5.03 Å². The predicted octanol–water partition coefficient (Wildman–Crippen LogP) is 3.86. The number of amides is 2. The van der Waals surface area contributed by atoms with Gasteiger partial charge in [-0.3, -0.25) is 10.1 Å². The second kappa shape index (κ2) is 7.79. The number of ether oxygens (including phenoxy) is 1. The zero-order valence-corrected chi connectivity index (χ0v) is 15.5. The number of methoxy groups -OCH3 is 1. The Hall–Kier alpha value is -2.52. The molecule has 0 spiro atoms. The predicted molar refractivity (Wildman–Crippen MR) is 98.7 cm³/mol. The number of benzene rings is 1. The molecule has 0 fully saturated rings. The van der Waals surface area contributed by atoms with Crippen molar-refractivity contribution in [1.82, 2.24) is 15.3 Å². The minimum atomic E-state index is -0.801. The number of aromatic nitrogens is 2. The second-order valence-corrected chi connectivity index (χ2v) is 7.63. The van der Waals surface area contributed by atoms with Crippen LogP contribution in [0.2, 0.25) is 0 Å². The molecule has 3 aromatic rings. The number of carbonyl (C=O) groups is 2. The number of fused-ring (bicyclic) bond motifs is 1. The first kappa shape index (κ1) is 18.3. The minimum Gasteiger partial charge on any atom is -0.453 e. The second-order valence-electron chi connectivity index (χ2n) is 5.25. The van der Waals surface area contributed by atoms with Gasteiger partial charge >= 0.3 is 6.09 Å². The van der Waals surface area contributed by atoms with E-state index in [0.717, 1.165) is 20.7 Å². The number of thiophene rings is 1. The van der Waals surface area contributed by atoms with Crippen molar-refractivity contribution in [2.24, 2.45) is 0 Å². The van der Waals surface area contributed by atoms with Crippen LogP contribution in [0.25, 0.3) is 20.7 Å². The summed E-state index contributed by atoms with van der Waals surface area (Å²) < 4.78 is 18.4. The molecule has 2 amide bonds. The Kier molecular flexibility index (Phi) is 5.48. The topological polar surface area (TPSA) is 81.2 Å². The number of nitrogens with one attached hydrogen (secondary N) is 1. The van der Waals surface area contributed by atoms with Crippen molar-refractivity contribution in [2.75, 3.05) is 7.11 Å². The lowest BCUT2D eigenvalue weighted by molar-refractivity contribution is -0.119. The van der Waals surface area contributed by atoms with Crippen LogP contribution in [0.3, 0.4) is 0 Å². The van der Waals surface area contributed by atoms with Crippen molar-refractivity contribution in [3.63, 3.8) is 0 Å². The molecule has 3 rings (SSSR count). The maximum absolute atomic E-state index is 13.1. The van der Waals surface area contributed by atoms with Gasteiger partial charge in [0.2, 0.25) is 5.91 Å². The molecule has 1 aromatic carbocycles. The molecule has 0 unspecified atom stereocenters. The Morgan fingerprint density at radius 1 is 1.27 bits per heavy atom. The number of halogens is 1. The highest BCUT2D eigenvalue weighted by Gasteiger charge is 2.20. The molecule has 0 aliphatic carbocycles. The summed E-state index contributed by atoms with van der Waals surface area (Å²) in [5.74, 6) is -0.764. The summed E-state index contributed by atoms with van der Waals surface area (Å²) in [6.07, 6.45) is 0.626. The van der Waals surface area contributed by atoms with Crippen LogP contribution in [-0.4, -0.2) is 34.3 Å². The van der Waals surface area contributed by atoms with Gasteiger partial charge in [0.05, 0.1) is 22.6 Å². The molecule has 0 saturated carbocycles. The van der Waals surface area contributed by atoms with Crippen LogP contribution in [0.5, 0.6) is 0 Å². The van der Waals surface area contributed by atoms with Crippen LogP contribution >= 0.6 is 23.1 Å². The zero-order valence-electron chi connectivity index (χ0n) is 13.9. The van der Waals surface area contributed by atoms with Crippen molar-refractivity contribution in [1.29, 1.82) is 0 Å². The molecular weight excluding hydrogens is 377 g/mol. The van der Waals surface area contributed by atoms with E-state index in [9.17, 15) is 14.0 Å². The summed E-state index contributed by atoms with van der Waals surface area (Å²) >= 11 is 2.69. The number of carbonyl (C=O) groups excluding carboxylic acids is 2. The largest absolute Gasteiger partial charge is 0.453 e. The molecular formula is C17H14FN3O3S2. The fraction of sp³-hybridized carbons (Fsp3) is 0.176. The van der Waals surface area contributed by atoms with E-state index < -0.39 is 17.3 Å². The summed E-state index contributed by atoms with van der Waals surface area (Å²) in [5, 5.41) is 2.23. The highest BCUT2D eigenvalue weighted by molar-refractivity contribution is 8.00. The third kappa shape index (κ3) is 4.00. The standard InChI is InChI=1S/C17H14FN3O3S2/c1-9(15(22)21-17(23)24-2)25-16-14-12(19-8-20-16)7-13(26-14)10-3-5-11(18)6-4-10/h3-9H,1-2H3,(H,21,22,23)/t9-/m1/s1. The van der Waals surface area contributed by atoms with Crippen molar-refractivity contribution in [3.05, 3.63) is 42.5 Å². The lowest BCUT2D eigenvalue weighted by atomic mass is 10.2. The van der Waals surface area contributed by atoms with Gasteiger partial charge in [-0.2, -0.15) is 0 Å². The van der Waals surface area contributed by atoms with Crippen LogP contribution < -0.4 is 5.32 Å². The number of nitrogens with zero attached hydrogens (tertiary/aromatic N) is 2. The molecule has 0 aliphatic rings. The van der Waals surface area contributed by atoms with E-state index in [-0.39, 0.29) is 5.82 Å². The Morgan fingerprint density at radius 3 is 2.69 bits per heavy atom. The van der Waals surface area contributed by atoms with Gasteiger partial charge < -0.3 is 4.74 Å². The van der Waals surface area contributed by atoms with Crippen molar-refractivity contribution < 1.29 is 18.7 Å². The van der Waals surface area contributed by atoms with Crippen molar-refractivity contribution >= 4 is 45.3 Å². The van der Waals surface area contributed by atoms with Gasteiger partial charge in [-0.15, -0.1) is 11.3 Å². The number of alkyl carbamates (subject to hydrolysis) is 1. The molecule has 26 heavy (non-hydrogen) atoms. The molecule has 9 heteroatoms. The molecule has 1 N–H and O–H groups in total. The SMILES string of the molecule is COC(=O)NC(=O)[C@@H](C)Sc1ncnc2cc(-c3ccc(F)cc3)sc12. The first-order valence-electron chi connectivity index (χ1n) is 7.54. The summed E-state index contributed by atoms with van der Waals surface area (Å²) in [7, 11) is 1.19. The normalized spacial score (nSPS) is 12.0. The Bertz CT molecular complexity index is 960. The van der Waals surface area contributed by atoms with E-state index in [1.165, 1.54) is 48.7 Å². The number of imide groups is 1. The number of rotatable bonds is 4. The highest BCUT2D eigenvalue weighted by Crippen LogP contribution is 2.38. The van der Waals surface area contributed by atoms with Crippen LogP contribution in [0.4, 0.5) is 9.18 Å². The average molecular weight is 391 g/mol. The quantitative estimate of drug-likeness (QED) is 0.537. The molecule has 0 aliphatic heterocycles. The van der Waals surface area contributed by atoms with Gasteiger partial charge in [0, 0.05) is 4.88 Å². The lowest BCUT2D eigenvalue weighted by Crippen LogP contribution is -2.35. The number of hydrogen-bond acceptors (Lipinski definition) is 7. The summed E-state index contributed by atoms with van der Waals surface area (Å²) in [4.78, 5) is 32.6. The third-order valence-electron chi connectivity index (χ3n) is 3.48. The smallest absolute Gasteiger partial charge is 0.413 e. The van der Waals surface area contributed by atoms with E-state index in [2.05, 4.69) is 20.0 Å². The van der Waals surface area contributed by atoms with Crippen LogP contribution in [0.15, 0.2) is 41.7 Å². The molecule has 1 atom stereocenters. The van der Waals surface area contributed by atoms with Crippen molar-refractivity contribution in [2.45, 2.75) is 17.2 Å². The van der Waals surface area contributed by atoms with Gasteiger partial charge in [0.15, 0.2) is 0 Å². The van der Waals surface area contributed by atoms with Crippen LogP contribution in [0, 0.1) is 5.82 Å². The van der Waals surface area contributed by atoms with Gasteiger partial charge in [-0.25, -0.2) is 19.2 Å². The minimum absolute atomic E-state index is 0.295. The zero-order chi connectivity index (χ0) is 18.7. The lowest BCUT2D eigenvalue weighted by Gasteiger charge is -2.10. The van der Waals surface area contributed by atoms with E-state index in [1.807, 2.05) is 6.07 Å². The van der Waals surface area contributed by atoms with E-state index in [4.69, 9.17) is 0 Å². The van der Waals surface area contributed by atoms with Gasteiger partial charge in [0.1, 0.15) is 17.2 Å². The molecule has 2 heterocycles. The molecule has 2 aromatic heterocycles. The van der Waals surface area contributed by atoms with E-state index >= 15 is 0 Å². The number of thioether (sulfide) groups is 1. The van der Waals surface area contributed by atoms with E-state index in [1.54, 1.807) is 19.1 Å². The van der Waals surface area contributed by atoms with Gasteiger partial charge in [-0.05, 0) is 30.7 Å².